The number of nitrogens with zero attached hydrogens (tertiary/aromatic N) is 1. The summed E-state index contributed by atoms with van der Waals surface area (Å²) in [4.78, 5) is 48.8. The van der Waals surface area contributed by atoms with Crippen molar-refractivity contribution >= 4 is 23.6 Å². The third-order valence-corrected chi connectivity index (χ3v) is 3.99. The second-order valence-electron chi connectivity index (χ2n) is 5.91. The van der Waals surface area contributed by atoms with Crippen LogP contribution in [0, 0.1) is 0 Å². The molecule has 0 spiro atoms. The zero-order valence-corrected chi connectivity index (χ0v) is 14.1. The van der Waals surface area contributed by atoms with Crippen molar-refractivity contribution in [1.29, 1.82) is 0 Å². The molecule has 0 radical (unpaired) electrons. The number of hydrogen-bond donors (Lipinski definition) is 2. The lowest BCUT2D eigenvalue weighted by Gasteiger charge is -2.21. The maximum absolute atomic E-state index is 12.6. The minimum absolute atomic E-state index is 0.232. The van der Waals surface area contributed by atoms with Gasteiger partial charge in [0.2, 0.25) is 5.91 Å². The van der Waals surface area contributed by atoms with Crippen LogP contribution in [0.1, 0.15) is 33.2 Å². The van der Waals surface area contributed by atoms with Crippen molar-refractivity contribution < 1.29 is 19.2 Å². The molecule has 1 atom stereocenters. The molecule has 2 aromatic carbocycles. The molecule has 7 nitrogen and oxygen atoms in total. The van der Waals surface area contributed by atoms with Crippen LogP contribution in [0.2, 0.25) is 0 Å². The van der Waals surface area contributed by atoms with E-state index in [-0.39, 0.29) is 23.5 Å². The Labute approximate surface area is 150 Å². The predicted molar refractivity (Wildman–Crippen MR) is 92.8 cm³/mol. The van der Waals surface area contributed by atoms with Crippen LogP contribution in [-0.2, 0) is 16.0 Å². The summed E-state index contributed by atoms with van der Waals surface area (Å²) in [5.74, 6) is -2.22. The molecule has 2 aromatic rings. The van der Waals surface area contributed by atoms with E-state index in [9.17, 15) is 19.2 Å². The smallest absolute Gasteiger partial charge is 0.280 e. The molecule has 0 fully saturated rings. The third-order valence-electron chi connectivity index (χ3n) is 3.99. The van der Waals surface area contributed by atoms with E-state index in [4.69, 9.17) is 0 Å². The molecule has 2 N–H and O–H groups in total. The van der Waals surface area contributed by atoms with E-state index >= 15 is 0 Å². The van der Waals surface area contributed by atoms with Gasteiger partial charge >= 0.3 is 0 Å². The normalized spacial score (nSPS) is 14.0. The number of carbonyl (C=O) groups excluding carboxylic acids is 4. The zero-order valence-electron chi connectivity index (χ0n) is 14.1. The van der Waals surface area contributed by atoms with Gasteiger partial charge in [-0.15, -0.1) is 0 Å². The fourth-order valence-corrected chi connectivity index (χ4v) is 2.78. The summed E-state index contributed by atoms with van der Waals surface area (Å²) >= 11 is 0. The minimum Gasteiger partial charge on any atom is -0.344 e. The molecule has 4 amide bonds. The summed E-state index contributed by atoms with van der Waals surface area (Å²) in [5.41, 5.74) is 3.64. The van der Waals surface area contributed by atoms with Crippen LogP contribution in [-0.4, -0.2) is 34.7 Å². The van der Waals surface area contributed by atoms with Crippen LogP contribution in [0.15, 0.2) is 54.6 Å². The van der Waals surface area contributed by atoms with Gasteiger partial charge in [0.15, 0.2) is 0 Å². The Morgan fingerprint density at radius 2 is 1.46 bits per heavy atom. The standard InChI is InChI=1S/C19H17N3O4/c1-12(23)20-16(11-13-7-3-2-4-8-13)17(24)21-22-18(25)14-9-5-6-10-15(14)19(22)26/h2-10,16H,11H2,1H3,(H,20,23)(H,21,24). The molecule has 0 bridgehead atoms. The van der Waals surface area contributed by atoms with Crippen molar-refractivity contribution in [2.45, 2.75) is 19.4 Å². The fraction of sp³-hybridized carbons (Fsp3) is 0.158. The number of hydrogen-bond acceptors (Lipinski definition) is 4. The van der Waals surface area contributed by atoms with Gasteiger partial charge in [0.05, 0.1) is 11.1 Å². The first-order chi connectivity index (χ1) is 12.5. The minimum atomic E-state index is -0.917. The Bertz CT molecular complexity index is 844. The maximum Gasteiger partial charge on any atom is 0.280 e. The summed E-state index contributed by atoms with van der Waals surface area (Å²) in [6.45, 7) is 1.30. The van der Waals surface area contributed by atoms with Gasteiger partial charge in [-0.1, -0.05) is 42.5 Å². The van der Waals surface area contributed by atoms with E-state index in [1.54, 1.807) is 12.1 Å². The molecule has 1 unspecified atom stereocenters. The summed E-state index contributed by atoms with van der Waals surface area (Å²) < 4.78 is 0. The number of fused-ring (bicyclic) bond motifs is 1. The summed E-state index contributed by atoms with van der Waals surface area (Å²) in [7, 11) is 0. The Balaban J connectivity index is 1.77. The highest BCUT2D eigenvalue weighted by Crippen LogP contribution is 2.20. The second kappa shape index (κ2) is 7.18. The van der Waals surface area contributed by atoms with Gasteiger partial charge in [0.25, 0.3) is 17.7 Å². The molecule has 3 rings (SSSR count). The lowest BCUT2D eigenvalue weighted by molar-refractivity contribution is -0.130. The Hall–Kier alpha value is -3.48. The van der Waals surface area contributed by atoms with E-state index < -0.39 is 23.8 Å². The average Bonchev–Trinajstić information content (AvgIpc) is 2.87. The Kier molecular flexibility index (Phi) is 4.79. The number of hydrazine groups is 1. The molecule has 0 aromatic heterocycles. The number of nitrogens with one attached hydrogen (secondary N) is 2. The molecule has 132 valence electrons. The lowest BCUT2D eigenvalue weighted by atomic mass is 10.1. The highest BCUT2D eigenvalue weighted by atomic mass is 16.2. The fourth-order valence-electron chi connectivity index (χ4n) is 2.78. The van der Waals surface area contributed by atoms with Crippen molar-refractivity contribution in [2.24, 2.45) is 0 Å². The number of rotatable bonds is 5. The molecule has 7 heteroatoms. The first-order valence-electron chi connectivity index (χ1n) is 8.06. The van der Waals surface area contributed by atoms with Gasteiger partial charge < -0.3 is 5.32 Å². The Morgan fingerprint density at radius 3 is 2.00 bits per heavy atom. The number of amides is 4. The maximum atomic E-state index is 12.6. The molecule has 26 heavy (non-hydrogen) atoms. The van der Waals surface area contributed by atoms with Gasteiger partial charge in [-0.25, -0.2) is 0 Å². The highest BCUT2D eigenvalue weighted by molar-refractivity contribution is 6.21. The van der Waals surface area contributed by atoms with Gasteiger partial charge in [-0.05, 0) is 17.7 Å². The van der Waals surface area contributed by atoms with Gasteiger partial charge in [-0.2, -0.15) is 5.01 Å². The first-order valence-corrected chi connectivity index (χ1v) is 8.06. The van der Waals surface area contributed by atoms with Gasteiger partial charge in [0, 0.05) is 13.3 Å². The molecule has 0 aliphatic carbocycles. The van der Waals surface area contributed by atoms with E-state index in [2.05, 4.69) is 10.7 Å². The molecular weight excluding hydrogens is 334 g/mol. The molecule has 1 aliphatic rings. The van der Waals surface area contributed by atoms with Crippen LogP contribution in [0.5, 0.6) is 0 Å². The van der Waals surface area contributed by atoms with Crippen LogP contribution in [0.25, 0.3) is 0 Å². The summed E-state index contributed by atoms with van der Waals surface area (Å²) in [5, 5.41) is 3.24. The predicted octanol–water partition coefficient (Wildman–Crippen LogP) is 1.06. The summed E-state index contributed by atoms with van der Waals surface area (Å²) in [6, 6.07) is 14.6. The lowest BCUT2D eigenvalue weighted by Crippen LogP contribution is -2.54. The number of imide groups is 1. The molecule has 1 aliphatic heterocycles. The van der Waals surface area contributed by atoms with Crippen molar-refractivity contribution in [3.05, 3.63) is 71.3 Å². The second-order valence-corrected chi connectivity index (χ2v) is 5.91. The average molecular weight is 351 g/mol. The largest absolute Gasteiger partial charge is 0.344 e. The summed E-state index contributed by atoms with van der Waals surface area (Å²) in [6.07, 6.45) is 0.232. The van der Waals surface area contributed by atoms with Crippen molar-refractivity contribution in [3.63, 3.8) is 0 Å². The molecular formula is C19H17N3O4. The first kappa shape index (κ1) is 17.3. The van der Waals surface area contributed by atoms with Gasteiger partial charge in [-0.3, -0.25) is 24.6 Å². The quantitative estimate of drug-likeness (QED) is 0.788. The SMILES string of the molecule is CC(=O)NC(Cc1ccccc1)C(=O)NN1C(=O)c2ccccc2C1=O. The monoisotopic (exact) mass is 351 g/mol. The van der Waals surface area contributed by atoms with E-state index in [1.807, 2.05) is 30.3 Å². The van der Waals surface area contributed by atoms with Crippen LogP contribution in [0.3, 0.4) is 0 Å². The molecule has 0 saturated heterocycles. The van der Waals surface area contributed by atoms with Gasteiger partial charge in [0.1, 0.15) is 6.04 Å². The van der Waals surface area contributed by atoms with E-state index in [0.29, 0.717) is 5.01 Å². The van der Waals surface area contributed by atoms with Crippen molar-refractivity contribution in [1.82, 2.24) is 15.8 Å². The molecule has 0 saturated carbocycles. The number of carbonyl (C=O) groups is 4. The highest BCUT2D eigenvalue weighted by Gasteiger charge is 2.37. The molecule has 1 heterocycles. The van der Waals surface area contributed by atoms with Crippen molar-refractivity contribution in [2.75, 3.05) is 0 Å². The third kappa shape index (κ3) is 3.46. The number of benzene rings is 2. The van der Waals surface area contributed by atoms with E-state index in [0.717, 1.165) is 5.56 Å². The van der Waals surface area contributed by atoms with Crippen LogP contribution < -0.4 is 10.7 Å². The zero-order chi connectivity index (χ0) is 18.7. The van der Waals surface area contributed by atoms with E-state index in [1.165, 1.54) is 19.1 Å². The van der Waals surface area contributed by atoms with Crippen LogP contribution in [0.4, 0.5) is 0 Å². The van der Waals surface area contributed by atoms with Crippen molar-refractivity contribution in [3.8, 4) is 0 Å². The topological polar surface area (TPSA) is 95.6 Å². The van der Waals surface area contributed by atoms with Crippen LogP contribution >= 0.6 is 0 Å². The Morgan fingerprint density at radius 1 is 0.923 bits per heavy atom.